The maximum atomic E-state index is 11.2. The van der Waals surface area contributed by atoms with Gasteiger partial charge in [-0.25, -0.2) is 0 Å². The second-order valence-corrected chi connectivity index (χ2v) is 6.70. The summed E-state index contributed by atoms with van der Waals surface area (Å²) in [5.41, 5.74) is 0. The molecular weight excluding hydrogens is 226 g/mol. The van der Waals surface area contributed by atoms with E-state index in [2.05, 4.69) is 25.7 Å². The van der Waals surface area contributed by atoms with E-state index in [4.69, 9.17) is 0 Å². The lowest BCUT2D eigenvalue weighted by molar-refractivity contribution is -0.142. The van der Waals surface area contributed by atoms with Gasteiger partial charge in [0.15, 0.2) is 0 Å². The van der Waals surface area contributed by atoms with Gasteiger partial charge in [0.1, 0.15) is 0 Å². The van der Waals surface area contributed by atoms with Gasteiger partial charge in [-0.3, -0.25) is 9.69 Å². The van der Waals surface area contributed by atoms with Crippen LogP contribution in [0.2, 0.25) is 0 Å². The smallest absolute Gasteiger partial charge is 0.308 e. The maximum Gasteiger partial charge on any atom is 0.308 e. The molecule has 3 nitrogen and oxygen atoms in total. The van der Waals surface area contributed by atoms with Crippen LogP contribution in [0.4, 0.5) is 0 Å². The fourth-order valence-corrected chi connectivity index (χ4v) is 3.76. The Bertz CT molecular complexity index is 303. The summed E-state index contributed by atoms with van der Waals surface area (Å²) in [5.74, 6) is 1.15. The van der Waals surface area contributed by atoms with E-state index < -0.39 is 5.97 Å². The van der Waals surface area contributed by atoms with Crippen molar-refractivity contribution < 1.29 is 9.90 Å². The molecule has 2 unspecified atom stereocenters. The molecule has 0 amide bonds. The normalized spacial score (nSPS) is 38.2. The van der Waals surface area contributed by atoms with Crippen LogP contribution in [0.15, 0.2) is 0 Å². The molecule has 0 aromatic heterocycles. The maximum absolute atomic E-state index is 11.2. The Morgan fingerprint density at radius 1 is 1.28 bits per heavy atom. The van der Waals surface area contributed by atoms with E-state index in [9.17, 15) is 9.90 Å². The molecule has 2 aliphatic rings. The SMILES string of the molecule is CC(C)C1CCCC(N2C[C@@H](C)[C@H](C(=O)O)C2)C1. The van der Waals surface area contributed by atoms with E-state index in [1.165, 1.54) is 25.7 Å². The summed E-state index contributed by atoms with van der Waals surface area (Å²) in [6.07, 6.45) is 5.22. The van der Waals surface area contributed by atoms with Crippen LogP contribution < -0.4 is 0 Å². The first-order valence-corrected chi connectivity index (χ1v) is 7.46. The molecule has 1 aliphatic heterocycles. The predicted molar refractivity (Wildman–Crippen MR) is 72.4 cm³/mol. The molecule has 1 saturated heterocycles. The number of rotatable bonds is 3. The average Bonchev–Trinajstić information content (AvgIpc) is 2.71. The van der Waals surface area contributed by atoms with Gasteiger partial charge in [-0.05, 0) is 30.6 Å². The van der Waals surface area contributed by atoms with Crippen molar-refractivity contribution in [2.75, 3.05) is 13.1 Å². The summed E-state index contributed by atoms with van der Waals surface area (Å²) < 4.78 is 0. The van der Waals surface area contributed by atoms with Gasteiger partial charge in [0.2, 0.25) is 0 Å². The number of aliphatic carboxylic acids is 1. The summed E-state index contributed by atoms with van der Waals surface area (Å²) in [4.78, 5) is 13.6. The molecule has 1 aliphatic carbocycles. The minimum atomic E-state index is -0.610. The second-order valence-electron chi connectivity index (χ2n) is 6.70. The lowest BCUT2D eigenvalue weighted by Gasteiger charge is -2.37. The predicted octanol–water partition coefficient (Wildman–Crippen LogP) is 2.85. The zero-order valence-electron chi connectivity index (χ0n) is 11.9. The zero-order valence-corrected chi connectivity index (χ0v) is 11.9. The molecule has 1 saturated carbocycles. The highest BCUT2D eigenvalue weighted by Gasteiger charge is 2.39. The number of carboxylic acid groups (broad SMARTS) is 1. The standard InChI is InChI=1S/C15H27NO2/c1-10(2)12-5-4-6-13(7-12)16-8-11(3)14(9-16)15(17)18/h10-14H,4-9H2,1-3H3,(H,17,18)/t11-,12?,13?,14-/m1/s1. The monoisotopic (exact) mass is 253 g/mol. The van der Waals surface area contributed by atoms with Gasteiger partial charge in [0.05, 0.1) is 5.92 Å². The fraction of sp³-hybridized carbons (Fsp3) is 0.933. The highest BCUT2D eigenvalue weighted by atomic mass is 16.4. The summed E-state index contributed by atoms with van der Waals surface area (Å²) in [7, 11) is 0. The highest BCUT2D eigenvalue weighted by Crippen LogP contribution is 2.35. The Kier molecular flexibility index (Phi) is 4.31. The molecule has 1 N–H and O–H groups in total. The van der Waals surface area contributed by atoms with Crippen LogP contribution in [0.1, 0.15) is 46.5 Å². The molecule has 2 rings (SSSR count). The Labute approximate surface area is 111 Å². The van der Waals surface area contributed by atoms with Crippen LogP contribution in [0.25, 0.3) is 0 Å². The van der Waals surface area contributed by atoms with Crippen molar-refractivity contribution in [3.8, 4) is 0 Å². The summed E-state index contributed by atoms with van der Waals surface area (Å²) in [6, 6.07) is 0.637. The van der Waals surface area contributed by atoms with E-state index in [1.807, 2.05) is 0 Å². The first-order chi connectivity index (χ1) is 8.49. The summed E-state index contributed by atoms with van der Waals surface area (Å²) in [6.45, 7) is 8.47. The van der Waals surface area contributed by atoms with E-state index in [-0.39, 0.29) is 5.92 Å². The average molecular weight is 253 g/mol. The van der Waals surface area contributed by atoms with Crippen LogP contribution in [-0.4, -0.2) is 35.1 Å². The number of carbonyl (C=O) groups is 1. The number of hydrogen-bond donors (Lipinski definition) is 1. The Balaban J connectivity index is 1.94. The van der Waals surface area contributed by atoms with E-state index >= 15 is 0 Å². The van der Waals surface area contributed by atoms with Gasteiger partial charge >= 0.3 is 5.97 Å². The van der Waals surface area contributed by atoms with Crippen LogP contribution in [-0.2, 0) is 4.79 Å². The van der Waals surface area contributed by atoms with Crippen molar-refractivity contribution in [3.63, 3.8) is 0 Å². The topological polar surface area (TPSA) is 40.5 Å². The number of hydrogen-bond acceptors (Lipinski definition) is 2. The van der Waals surface area contributed by atoms with Crippen LogP contribution >= 0.6 is 0 Å². The third kappa shape index (κ3) is 2.87. The lowest BCUT2D eigenvalue weighted by atomic mass is 9.79. The van der Waals surface area contributed by atoms with Gasteiger partial charge in [-0.2, -0.15) is 0 Å². The van der Waals surface area contributed by atoms with E-state index in [0.29, 0.717) is 12.0 Å². The number of likely N-dealkylation sites (tertiary alicyclic amines) is 1. The largest absolute Gasteiger partial charge is 0.481 e. The van der Waals surface area contributed by atoms with Crippen LogP contribution in [0.5, 0.6) is 0 Å². The van der Waals surface area contributed by atoms with Gasteiger partial charge in [0.25, 0.3) is 0 Å². The quantitative estimate of drug-likeness (QED) is 0.841. The lowest BCUT2D eigenvalue weighted by Crippen LogP contribution is -2.38. The van der Waals surface area contributed by atoms with Crippen molar-refractivity contribution in [2.45, 2.75) is 52.5 Å². The van der Waals surface area contributed by atoms with Crippen LogP contribution in [0, 0.1) is 23.7 Å². The molecule has 2 fully saturated rings. The summed E-state index contributed by atoms with van der Waals surface area (Å²) >= 11 is 0. The Morgan fingerprint density at radius 3 is 2.56 bits per heavy atom. The fourth-order valence-electron chi connectivity index (χ4n) is 3.76. The van der Waals surface area contributed by atoms with Crippen molar-refractivity contribution >= 4 is 5.97 Å². The molecular formula is C15H27NO2. The highest BCUT2D eigenvalue weighted by molar-refractivity contribution is 5.71. The molecule has 104 valence electrons. The van der Waals surface area contributed by atoms with E-state index in [1.54, 1.807) is 0 Å². The molecule has 0 spiro atoms. The molecule has 0 bridgehead atoms. The van der Waals surface area contributed by atoms with Gasteiger partial charge < -0.3 is 5.11 Å². The third-order valence-corrected chi connectivity index (χ3v) is 5.10. The van der Waals surface area contributed by atoms with Gasteiger partial charge in [-0.1, -0.05) is 33.6 Å². The first-order valence-electron chi connectivity index (χ1n) is 7.46. The van der Waals surface area contributed by atoms with Gasteiger partial charge in [-0.15, -0.1) is 0 Å². The first kappa shape index (κ1) is 13.9. The van der Waals surface area contributed by atoms with Crippen molar-refractivity contribution in [1.82, 2.24) is 4.90 Å². The molecule has 4 atom stereocenters. The van der Waals surface area contributed by atoms with Crippen LogP contribution in [0.3, 0.4) is 0 Å². The molecule has 18 heavy (non-hydrogen) atoms. The molecule has 0 aromatic rings. The number of nitrogens with zero attached hydrogens (tertiary/aromatic N) is 1. The second kappa shape index (κ2) is 5.60. The molecule has 1 heterocycles. The minimum absolute atomic E-state index is 0.149. The third-order valence-electron chi connectivity index (χ3n) is 5.10. The Morgan fingerprint density at radius 2 is 2.00 bits per heavy atom. The Hall–Kier alpha value is -0.570. The van der Waals surface area contributed by atoms with Crippen molar-refractivity contribution in [2.24, 2.45) is 23.7 Å². The van der Waals surface area contributed by atoms with Gasteiger partial charge in [0, 0.05) is 19.1 Å². The van der Waals surface area contributed by atoms with E-state index in [0.717, 1.165) is 24.9 Å². The minimum Gasteiger partial charge on any atom is -0.481 e. The van der Waals surface area contributed by atoms with Crippen molar-refractivity contribution in [3.05, 3.63) is 0 Å². The molecule has 3 heteroatoms. The molecule has 0 radical (unpaired) electrons. The number of carboxylic acids is 1. The van der Waals surface area contributed by atoms with Crippen molar-refractivity contribution in [1.29, 1.82) is 0 Å². The molecule has 0 aromatic carbocycles. The zero-order chi connectivity index (χ0) is 13.3. The summed E-state index contributed by atoms with van der Waals surface area (Å²) in [5, 5.41) is 9.21.